The monoisotopic (exact) mass is 454 g/mol. The fraction of sp³-hybridized carbons (Fsp3) is 0.500. The van der Waals surface area contributed by atoms with Crippen molar-refractivity contribution in [2.24, 2.45) is 0 Å². The molecule has 4 atom stereocenters. The number of carboxylic acids is 4. The predicted octanol–water partition coefficient (Wildman–Crippen LogP) is -8.12. The van der Waals surface area contributed by atoms with Gasteiger partial charge in [-0.25, -0.2) is 9.59 Å². The Hall–Kier alpha value is -0.749. The second-order valence-corrected chi connectivity index (χ2v) is 3.09. The summed E-state index contributed by atoms with van der Waals surface area (Å²) in [6.45, 7) is 0. The molecular weight excluding hydrogens is 441 g/mol. The van der Waals surface area contributed by atoms with Gasteiger partial charge in [-0.2, -0.15) is 0 Å². The SMILES string of the molecule is O.O=C(O)C(O)C(O)C(=O)O.O=C([O-])C(O)C(O)C(=O)[O-].[Ba+2]. The van der Waals surface area contributed by atoms with E-state index in [0.717, 1.165) is 0 Å². The Kier molecular flexibility index (Phi) is 18.5. The maximum absolute atomic E-state index is 9.77. The zero-order valence-corrected chi connectivity index (χ0v) is 15.1. The summed E-state index contributed by atoms with van der Waals surface area (Å²) in [6, 6.07) is 0. The van der Waals surface area contributed by atoms with Crippen molar-refractivity contribution in [3.63, 3.8) is 0 Å². The van der Waals surface area contributed by atoms with Crippen molar-refractivity contribution in [3.05, 3.63) is 0 Å². The van der Waals surface area contributed by atoms with Crippen molar-refractivity contribution in [2.45, 2.75) is 24.4 Å². The number of carbonyl (C=O) groups is 4. The van der Waals surface area contributed by atoms with Crippen LogP contribution in [0.15, 0.2) is 0 Å². The van der Waals surface area contributed by atoms with Crippen molar-refractivity contribution in [3.8, 4) is 0 Å². The van der Waals surface area contributed by atoms with Crippen LogP contribution in [-0.2, 0) is 19.2 Å². The van der Waals surface area contributed by atoms with E-state index < -0.39 is 48.3 Å². The molecule has 14 heteroatoms. The number of aliphatic hydroxyl groups is 4. The molecule has 0 amide bonds. The summed E-state index contributed by atoms with van der Waals surface area (Å²) in [5, 5.41) is 68.3. The first-order valence-electron chi connectivity index (χ1n) is 4.53. The first kappa shape index (κ1) is 29.3. The molecule has 0 aromatic rings. The van der Waals surface area contributed by atoms with Gasteiger partial charge in [-0.05, 0) is 0 Å². The summed E-state index contributed by atoms with van der Waals surface area (Å²) in [7, 11) is 0. The van der Waals surface area contributed by atoms with Crippen LogP contribution in [0.3, 0.4) is 0 Å². The van der Waals surface area contributed by atoms with Crippen LogP contribution >= 0.6 is 0 Å². The van der Waals surface area contributed by atoms with Gasteiger partial charge in [0.25, 0.3) is 0 Å². The molecule has 124 valence electrons. The van der Waals surface area contributed by atoms with Crippen molar-refractivity contribution >= 4 is 72.8 Å². The maximum atomic E-state index is 9.77. The minimum atomic E-state index is -2.44. The van der Waals surface area contributed by atoms with Gasteiger partial charge in [-0.15, -0.1) is 0 Å². The number of carboxylic acid groups (broad SMARTS) is 4. The van der Waals surface area contributed by atoms with Gasteiger partial charge in [-0.3, -0.25) is 0 Å². The van der Waals surface area contributed by atoms with Crippen LogP contribution < -0.4 is 10.2 Å². The molecule has 0 fully saturated rings. The summed E-state index contributed by atoms with van der Waals surface area (Å²) in [5.74, 6) is -7.65. The van der Waals surface area contributed by atoms with Gasteiger partial charge >= 0.3 is 60.8 Å². The van der Waals surface area contributed by atoms with Crippen molar-refractivity contribution in [1.29, 1.82) is 0 Å². The fourth-order valence-corrected chi connectivity index (χ4v) is 0.528. The van der Waals surface area contributed by atoms with E-state index in [1.807, 2.05) is 0 Å². The second kappa shape index (κ2) is 13.9. The Balaban J connectivity index is -0.000000135. The summed E-state index contributed by atoms with van der Waals surface area (Å²) in [6.07, 6.45) is -9.41. The third kappa shape index (κ3) is 11.9. The van der Waals surface area contributed by atoms with E-state index in [-0.39, 0.29) is 54.4 Å². The molecule has 0 aliphatic heterocycles. The van der Waals surface area contributed by atoms with Crippen LogP contribution in [0.25, 0.3) is 0 Å². The van der Waals surface area contributed by atoms with Crippen LogP contribution in [0.1, 0.15) is 0 Å². The largest absolute Gasteiger partial charge is 2.00 e. The topological polar surface area (TPSA) is 267 Å². The molecule has 0 aliphatic rings. The van der Waals surface area contributed by atoms with Gasteiger partial charge in [0.05, 0.1) is 11.9 Å². The zero-order valence-electron chi connectivity index (χ0n) is 10.6. The Labute approximate surface area is 161 Å². The van der Waals surface area contributed by atoms with Crippen molar-refractivity contribution in [1.82, 2.24) is 0 Å². The number of aliphatic carboxylic acids is 4. The minimum absolute atomic E-state index is 0. The van der Waals surface area contributed by atoms with Gasteiger partial charge in [0.15, 0.2) is 12.2 Å². The summed E-state index contributed by atoms with van der Waals surface area (Å²) in [5.41, 5.74) is 0. The molecule has 8 N–H and O–H groups in total. The number of rotatable bonds is 6. The van der Waals surface area contributed by atoms with E-state index >= 15 is 0 Å². The Morgan fingerprint density at radius 2 is 0.818 bits per heavy atom. The van der Waals surface area contributed by atoms with Crippen molar-refractivity contribution in [2.75, 3.05) is 0 Å². The van der Waals surface area contributed by atoms with E-state index in [4.69, 9.17) is 30.6 Å². The molecule has 0 heterocycles. The zero-order chi connectivity index (χ0) is 16.6. The van der Waals surface area contributed by atoms with E-state index in [9.17, 15) is 29.4 Å². The molecule has 0 spiro atoms. The van der Waals surface area contributed by atoms with Crippen LogP contribution in [0, 0.1) is 0 Å². The predicted molar refractivity (Wildman–Crippen MR) is 58.7 cm³/mol. The molecular formula is C8H12BaO13. The molecule has 0 rings (SSSR count). The number of hydrogen-bond donors (Lipinski definition) is 6. The first-order chi connectivity index (χ1) is 8.93. The Morgan fingerprint density at radius 3 is 0.909 bits per heavy atom. The molecule has 0 aliphatic carbocycles. The second-order valence-electron chi connectivity index (χ2n) is 3.09. The minimum Gasteiger partial charge on any atom is -0.547 e. The normalized spacial score (nSPS) is 14.4. The molecule has 0 aromatic heterocycles. The first-order valence-corrected chi connectivity index (χ1v) is 4.53. The quantitative estimate of drug-likeness (QED) is 0.205. The van der Waals surface area contributed by atoms with Gasteiger partial charge in [0.1, 0.15) is 12.2 Å². The van der Waals surface area contributed by atoms with Gasteiger partial charge < -0.3 is 55.9 Å². The fourth-order valence-electron chi connectivity index (χ4n) is 0.528. The van der Waals surface area contributed by atoms with Gasteiger partial charge in [-0.1, -0.05) is 0 Å². The van der Waals surface area contributed by atoms with Crippen molar-refractivity contribution < 1.29 is 65.5 Å². The van der Waals surface area contributed by atoms with Crippen LogP contribution in [-0.4, -0.2) is 133 Å². The Bertz CT molecular complexity index is 310. The van der Waals surface area contributed by atoms with Gasteiger partial charge in [0, 0.05) is 0 Å². The van der Waals surface area contributed by atoms with E-state index in [2.05, 4.69) is 0 Å². The third-order valence-electron chi connectivity index (χ3n) is 1.59. The van der Waals surface area contributed by atoms with Crippen LogP contribution in [0.5, 0.6) is 0 Å². The molecule has 0 radical (unpaired) electrons. The maximum Gasteiger partial charge on any atom is 2.00 e. The molecule has 13 nitrogen and oxygen atoms in total. The molecule has 4 unspecified atom stereocenters. The smallest absolute Gasteiger partial charge is 0.547 e. The molecule has 0 saturated heterocycles. The Morgan fingerprint density at radius 1 is 0.636 bits per heavy atom. The number of carbonyl (C=O) groups excluding carboxylic acids is 2. The van der Waals surface area contributed by atoms with E-state index in [1.54, 1.807) is 0 Å². The molecule has 0 aromatic carbocycles. The molecule has 0 bridgehead atoms. The standard InChI is InChI=1S/2C4H6O6.Ba.H2O/c2*5-1(3(7)8)2(6)4(9)10;;/h2*1-2,5-6H,(H,7,8)(H,9,10);;1H2/q;;+2;/p-2. The average Bonchev–Trinajstić information content (AvgIpc) is 2.35. The van der Waals surface area contributed by atoms with E-state index in [0.29, 0.717) is 0 Å². The number of aliphatic hydroxyl groups excluding tert-OH is 4. The average molecular weight is 453 g/mol. The van der Waals surface area contributed by atoms with E-state index in [1.165, 1.54) is 0 Å². The van der Waals surface area contributed by atoms with Crippen LogP contribution in [0.2, 0.25) is 0 Å². The molecule has 0 saturated carbocycles. The van der Waals surface area contributed by atoms with Gasteiger partial charge in [0.2, 0.25) is 0 Å². The number of hydrogen-bond acceptors (Lipinski definition) is 10. The summed E-state index contributed by atoms with van der Waals surface area (Å²) >= 11 is 0. The molecule has 22 heavy (non-hydrogen) atoms. The summed E-state index contributed by atoms with van der Waals surface area (Å²) < 4.78 is 0. The van der Waals surface area contributed by atoms with Crippen LogP contribution in [0.4, 0.5) is 0 Å². The third-order valence-corrected chi connectivity index (χ3v) is 1.59. The summed E-state index contributed by atoms with van der Waals surface area (Å²) in [4.78, 5) is 38.8.